The summed E-state index contributed by atoms with van der Waals surface area (Å²) in [5.74, 6) is -0.710. The molecule has 1 heterocycles. The van der Waals surface area contributed by atoms with E-state index in [2.05, 4.69) is 22.9 Å². The van der Waals surface area contributed by atoms with Crippen molar-refractivity contribution in [1.29, 1.82) is 0 Å². The number of sulfone groups is 1. The second kappa shape index (κ2) is 8.17. The van der Waals surface area contributed by atoms with E-state index in [1.807, 2.05) is 37.3 Å². The van der Waals surface area contributed by atoms with E-state index >= 15 is 0 Å². The summed E-state index contributed by atoms with van der Waals surface area (Å²) >= 11 is 3.32. The Labute approximate surface area is 175 Å². The van der Waals surface area contributed by atoms with E-state index in [-0.39, 0.29) is 16.4 Å². The van der Waals surface area contributed by atoms with Crippen LogP contribution >= 0.6 is 15.9 Å². The molecule has 1 aliphatic heterocycles. The summed E-state index contributed by atoms with van der Waals surface area (Å²) in [5.41, 5.74) is 0.673. The average molecular weight is 467 g/mol. The van der Waals surface area contributed by atoms with Crippen LogP contribution in [0, 0.1) is 5.41 Å². The van der Waals surface area contributed by atoms with Crippen molar-refractivity contribution in [1.82, 2.24) is 0 Å². The van der Waals surface area contributed by atoms with Crippen molar-refractivity contribution in [2.45, 2.75) is 56.4 Å². The van der Waals surface area contributed by atoms with Crippen LogP contribution in [0.3, 0.4) is 0 Å². The zero-order valence-corrected chi connectivity index (χ0v) is 18.6. The lowest BCUT2D eigenvalue weighted by Crippen LogP contribution is -2.42. The molecule has 0 aromatic heterocycles. The van der Waals surface area contributed by atoms with Crippen molar-refractivity contribution >= 4 is 25.8 Å². The second-order valence-electron chi connectivity index (χ2n) is 7.75. The van der Waals surface area contributed by atoms with Gasteiger partial charge >= 0.3 is 0 Å². The van der Waals surface area contributed by atoms with Gasteiger partial charge in [-0.3, -0.25) is 0 Å². The molecule has 0 aliphatic carbocycles. The van der Waals surface area contributed by atoms with Crippen LogP contribution in [0.2, 0.25) is 0 Å². The minimum absolute atomic E-state index is 0.110. The Balaban J connectivity index is 2.32. The molecule has 2 aromatic carbocycles. The molecule has 0 fully saturated rings. The fourth-order valence-electron chi connectivity index (χ4n) is 4.39. The van der Waals surface area contributed by atoms with Crippen LogP contribution in [0.4, 0.5) is 0 Å². The predicted molar refractivity (Wildman–Crippen MR) is 114 cm³/mol. The summed E-state index contributed by atoms with van der Waals surface area (Å²) in [4.78, 5) is 0.118. The normalized spacial score (nSPS) is 26.4. The molecule has 3 rings (SSSR count). The molecule has 0 radical (unpaired) electrons. The van der Waals surface area contributed by atoms with E-state index in [1.165, 1.54) is 6.07 Å². The van der Waals surface area contributed by atoms with Gasteiger partial charge in [-0.2, -0.15) is 0 Å². The lowest BCUT2D eigenvalue weighted by Gasteiger charge is -2.39. The summed E-state index contributed by atoms with van der Waals surface area (Å²) in [6.45, 7) is 4.03. The van der Waals surface area contributed by atoms with Gasteiger partial charge in [-0.25, -0.2) is 8.42 Å². The number of aliphatic hydroxyl groups excluding tert-OH is 1. The summed E-state index contributed by atoms with van der Waals surface area (Å²) in [5, 5.41) is 21.8. The molecular weight excluding hydrogens is 440 g/mol. The summed E-state index contributed by atoms with van der Waals surface area (Å²) in [6.07, 6.45) is 2.15. The summed E-state index contributed by atoms with van der Waals surface area (Å²) in [7, 11) is -3.68. The van der Waals surface area contributed by atoms with Crippen LogP contribution in [-0.4, -0.2) is 30.5 Å². The number of phenols is 1. The van der Waals surface area contributed by atoms with Crippen molar-refractivity contribution in [3.05, 3.63) is 58.1 Å². The molecule has 0 unspecified atom stereocenters. The van der Waals surface area contributed by atoms with Crippen LogP contribution in [0.15, 0.2) is 51.8 Å². The number of rotatable bonds is 5. The van der Waals surface area contributed by atoms with Crippen molar-refractivity contribution in [3.8, 4) is 5.75 Å². The number of hydrogen-bond donors (Lipinski definition) is 2. The molecule has 6 heteroatoms. The lowest BCUT2D eigenvalue weighted by molar-refractivity contribution is 0.0174. The van der Waals surface area contributed by atoms with Crippen molar-refractivity contribution < 1.29 is 18.6 Å². The minimum Gasteiger partial charge on any atom is -0.507 e. The van der Waals surface area contributed by atoms with Crippen LogP contribution in [0.25, 0.3) is 0 Å². The van der Waals surface area contributed by atoms with Gasteiger partial charge < -0.3 is 10.2 Å². The van der Waals surface area contributed by atoms with Gasteiger partial charge in [0.1, 0.15) is 5.75 Å². The number of unbranched alkanes of at least 4 members (excludes halogenated alkanes) is 1. The standard InChI is InChI=1S/C22H27BrO4S/c1-3-5-11-22(4-2)14-28(26,27)19-13-18(24)17(23)12-16(19)20(21(22)25)15-9-7-6-8-10-15/h6-10,12-13,20-21,24-25H,3-5,11,14H2,1-2H3/t20-,21-,22-/m1/s1. The summed E-state index contributed by atoms with van der Waals surface area (Å²) in [6, 6.07) is 12.5. The number of benzene rings is 2. The predicted octanol–water partition coefficient (Wildman–Crippen LogP) is 5.02. The Morgan fingerprint density at radius 1 is 1.18 bits per heavy atom. The molecule has 152 valence electrons. The zero-order valence-electron chi connectivity index (χ0n) is 16.2. The van der Waals surface area contributed by atoms with Crippen molar-refractivity contribution in [2.75, 3.05) is 5.75 Å². The molecule has 0 bridgehead atoms. The zero-order chi connectivity index (χ0) is 20.5. The van der Waals surface area contributed by atoms with E-state index in [0.29, 0.717) is 22.9 Å². The first-order chi connectivity index (χ1) is 13.3. The molecule has 4 nitrogen and oxygen atoms in total. The second-order valence-corrected chi connectivity index (χ2v) is 10.6. The smallest absolute Gasteiger partial charge is 0.179 e. The maximum atomic E-state index is 13.4. The minimum atomic E-state index is -3.68. The lowest BCUT2D eigenvalue weighted by atomic mass is 9.69. The molecule has 0 spiro atoms. The Bertz CT molecular complexity index is 943. The highest BCUT2D eigenvalue weighted by atomic mass is 79.9. The first kappa shape index (κ1) is 21.3. The van der Waals surface area contributed by atoms with E-state index in [9.17, 15) is 18.6 Å². The number of phenolic OH excluding ortho intramolecular Hbond substituents is 1. The molecule has 2 aromatic rings. The SMILES string of the molecule is CCCC[C@]1(CC)CS(=O)(=O)c2cc(O)c(Br)cc2[C@@H](c2ccccc2)[C@H]1O. The Morgan fingerprint density at radius 3 is 2.46 bits per heavy atom. The first-order valence-electron chi connectivity index (χ1n) is 9.74. The third-order valence-electron chi connectivity index (χ3n) is 6.06. The van der Waals surface area contributed by atoms with Crippen molar-refractivity contribution in [2.24, 2.45) is 5.41 Å². The van der Waals surface area contributed by atoms with Gasteiger partial charge in [0.2, 0.25) is 0 Å². The molecule has 0 saturated carbocycles. The Kier molecular flexibility index (Phi) is 6.23. The van der Waals surface area contributed by atoms with Crippen LogP contribution < -0.4 is 0 Å². The molecule has 0 amide bonds. The average Bonchev–Trinajstić information content (AvgIpc) is 2.74. The molecular formula is C22H27BrO4S. The van der Waals surface area contributed by atoms with Crippen molar-refractivity contribution in [3.63, 3.8) is 0 Å². The third-order valence-corrected chi connectivity index (χ3v) is 8.67. The van der Waals surface area contributed by atoms with Gasteiger partial charge in [0.05, 0.1) is 21.2 Å². The summed E-state index contributed by atoms with van der Waals surface area (Å²) < 4.78 is 27.2. The monoisotopic (exact) mass is 466 g/mol. The number of aromatic hydroxyl groups is 1. The highest BCUT2D eigenvalue weighted by molar-refractivity contribution is 9.10. The van der Waals surface area contributed by atoms with Gasteiger partial charge in [0, 0.05) is 11.3 Å². The topological polar surface area (TPSA) is 74.6 Å². The third kappa shape index (κ3) is 3.74. The van der Waals surface area contributed by atoms with Crippen LogP contribution in [0.5, 0.6) is 5.75 Å². The van der Waals surface area contributed by atoms with Gasteiger partial charge in [-0.05, 0) is 52.0 Å². The van der Waals surface area contributed by atoms with Gasteiger partial charge in [-0.1, -0.05) is 57.0 Å². The largest absolute Gasteiger partial charge is 0.507 e. The van der Waals surface area contributed by atoms with Gasteiger partial charge in [0.25, 0.3) is 0 Å². The maximum absolute atomic E-state index is 13.4. The maximum Gasteiger partial charge on any atom is 0.179 e. The van der Waals surface area contributed by atoms with Crippen LogP contribution in [0.1, 0.15) is 56.6 Å². The molecule has 1 aliphatic rings. The van der Waals surface area contributed by atoms with Crippen LogP contribution in [-0.2, 0) is 9.84 Å². The highest BCUT2D eigenvalue weighted by Crippen LogP contribution is 2.50. The van der Waals surface area contributed by atoms with E-state index in [0.717, 1.165) is 18.4 Å². The quantitative estimate of drug-likeness (QED) is 0.648. The first-order valence-corrected chi connectivity index (χ1v) is 12.2. The Hall–Kier alpha value is -1.37. The number of hydrogen-bond acceptors (Lipinski definition) is 4. The highest BCUT2D eigenvalue weighted by Gasteiger charge is 2.49. The van der Waals surface area contributed by atoms with Gasteiger partial charge in [0.15, 0.2) is 9.84 Å². The fraction of sp³-hybridized carbons (Fsp3) is 0.455. The molecule has 3 atom stereocenters. The Morgan fingerprint density at radius 2 is 1.86 bits per heavy atom. The van der Waals surface area contributed by atoms with E-state index in [4.69, 9.17) is 0 Å². The van der Waals surface area contributed by atoms with Gasteiger partial charge in [-0.15, -0.1) is 0 Å². The number of fused-ring (bicyclic) bond motifs is 1. The van der Waals surface area contributed by atoms with E-state index in [1.54, 1.807) is 6.07 Å². The molecule has 2 N–H and O–H groups in total. The molecule has 0 saturated heterocycles. The molecule has 28 heavy (non-hydrogen) atoms. The number of aliphatic hydroxyl groups is 1. The number of halogens is 1. The fourth-order valence-corrected chi connectivity index (χ4v) is 7.02. The van der Waals surface area contributed by atoms with E-state index < -0.39 is 27.3 Å².